The lowest BCUT2D eigenvalue weighted by Gasteiger charge is -2.33. The third kappa shape index (κ3) is 4.26. The predicted molar refractivity (Wildman–Crippen MR) is 91.2 cm³/mol. The van der Waals surface area contributed by atoms with Gasteiger partial charge in [0, 0.05) is 32.3 Å². The van der Waals surface area contributed by atoms with Gasteiger partial charge in [0.05, 0.1) is 24.5 Å². The summed E-state index contributed by atoms with van der Waals surface area (Å²) in [6.07, 6.45) is 5.04. The molecule has 0 aliphatic carbocycles. The van der Waals surface area contributed by atoms with Crippen molar-refractivity contribution in [3.05, 3.63) is 42.1 Å². The first-order valence-electron chi connectivity index (χ1n) is 8.65. The Labute approximate surface area is 142 Å². The minimum Gasteiger partial charge on any atom is -0.468 e. The molecule has 6 nitrogen and oxygen atoms in total. The van der Waals surface area contributed by atoms with Crippen LogP contribution in [0.1, 0.15) is 44.2 Å². The Bertz CT molecular complexity index is 648. The van der Waals surface area contributed by atoms with Gasteiger partial charge in [0.2, 0.25) is 5.91 Å². The van der Waals surface area contributed by atoms with Crippen molar-refractivity contribution < 1.29 is 9.21 Å². The molecular weight excluding hydrogens is 304 g/mol. The van der Waals surface area contributed by atoms with Crippen molar-refractivity contribution >= 4 is 5.91 Å². The minimum absolute atomic E-state index is 0.133. The molecule has 6 heteroatoms. The van der Waals surface area contributed by atoms with E-state index in [0.29, 0.717) is 18.9 Å². The molecule has 1 aliphatic heterocycles. The summed E-state index contributed by atoms with van der Waals surface area (Å²) in [5, 5.41) is 7.50. The number of furan rings is 1. The highest BCUT2D eigenvalue weighted by molar-refractivity contribution is 5.75. The first-order chi connectivity index (χ1) is 11.6. The van der Waals surface area contributed by atoms with Crippen LogP contribution in [0.2, 0.25) is 0 Å². The Morgan fingerprint density at radius 2 is 2.33 bits per heavy atom. The summed E-state index contributed by atoms with van der Waals surface area (Å²) >= 11 is 0. The quantitative estimate of drug-likeness (QED) is 0.847. The van der Waals surface area contributed by atoms with E-state index in [4.69, 9.17) is 4.42 Å². The van der Waals surface area contributed by atoms with Crippen LogP contribution < -0.4 is 5.32 Å². The number of nitrogens with one attached hydrogen (secondary N) is 1. The molecule has 3 rings (SSSR count). The smallest absolute Gasteiger partial charge is 0.220 e. The molecule has 0 fully saturated rings. The maximum Gasteiger partial charge on any atom is 0.220 e. The number of hydrogen-bond acceptors (Lipinski definition) is 4. The highest BCUT2D eigenvalue weighted by atomic mass is 16.3. The van der Waals surface area contributed by atoms with Gasteiger partial charge < -0.3 is 9.73 Å². The van der Waals surface area contributed by atoms with Crippen LogP contribution in [0.15, 0.2) is 35.1 Å². The lowest BCUT2D eigenvalue weighted by molar-refractivity contribution is -0.121. The molecule has 0 unspecified atom stereocenters. The largest absolute Gasteiger partial charge is 0.468 e. The zero-order valence-corrected chi connectivity index (χ0v) is 14.4. The summed E-state index contributed by atoms with van der Waals surface area (Å²) in [5.74, 6) is 1.50. The number of fused-ring (bicyclic) bond motifs is 1. The van der Waals surface area contributed by atoms with Crippen LogP contribution in [0.4, 0.5) is 0 Å². The van der Waals surface area contributed by atoms with Crippen LogP contribution in [0, 0.1) is 5.92 Å². The van der Waals surface area contributed by atoms with Gasteiger partial charge >= 0.3 is 0 Å². The predicted octanol–water partition coefficient (Wildman–Crippen LogP) is 2.59. The molecule has 130 valence electrons. The van der Waals surface area contributed by atoms with E-state index in [2.05, 4.69) is 39.9 Å². The van der Waals surface area contributed by atoms with Crippen molar-refractivity contribution in [1.82, 2.24) is 20.0 Å². The van der Waals surface area contributed by atoms with Gasteiger partial charge in [0.15, 0.2) is 0 Å². The van der Waals surface area contributed by atoms with Crippen LogP contribution in [-0.2, 0) is 17.9 Å². The molecule has 3 heterocycles. The summed E-state index contributed by atoms with van der Waals surface area (Å²) in [5.41, 5.74) is 1.21. The second kappa shape index (κ2) is 7.66. The first-order valence-corrected chi connectivity index (χ1v) is 8.65. The molecule has 0 saturated heterocycles. The van der Waals surface area contributed by atoms with Crippen molar-refractivity contribution in [2.45, 2.75) is 45.8 Å². The molecule has 1 aliphatic rings. The monoisotopic (exact) mass is 330 g/mol. The molecule has 0 bridgehead atoms. The maximum atomic E-state index is 11.8. The fourth-order valence-corrected chi connectivity index (χ4v) is 3.24. The molecule has 2 aromatic heterocycles. The van der Waals surface area contributed by atoms with Crippen LogP contribution in [-0.4, -0.2) is 33.7 Å². The van der Waals surface area contributed by atoms with Crippen molar-refractivity contribution in [3.8, 4) is 0 Å². The van der Waals surface area contributed by atoms with Gasteiger partial charge in [0.25, 0.3) is 0 Å². The van der Waals surface area contributed by atoms with Gasteiger partial charge in [-0.3, -0.25) is 14.4 Å². The van der Waals surface area contributed by atoms with E-state index in [0.717, 1.165) is 31.8 Å². The Hall–Kier alpha value is -2.08. The van der Waals surface area contributed by atoms with Crippen LogP contribution in [0.25, 0.3) is 0 Å². The Morgan fingerprint density at radius 3 is 3.08 bits per heavy atom. The molecule has 0 spiro atoms. The fraction of sp³-hybridized carbons (Fsp3) is 0.556. The summed E-state index contributed by atoms with van der Waals surface area (Å²) < 4.78 is 7.57. The zero-order chi connectivity index (χ0) is 16.9. The average molecular weight is 330 g/mol. The van der Waals surface area contributed by atoms with Gasteiger partial charge in [-0.25, -0.2) is 0 Å². The second-order valence-electron chi connectivity index (χ2n) is 6.91. The van der Waals surface area contributed by atoms with E-state index in [-0.39, 0.29) is 11.9 Å². The number of nitrogens with zero attached hydrogens (tertiary/aromatic N) is 3. The van der Waals surface area contributed by atoms with E-state index < -0.39 is 0 Å². The van der Waals surface area contributed by atoms with E-state index in [1.165, 1.54) is 5.69 Å². The lowest BCUT2D eigenvalue weighted by Crippen LogP contribution is -2.39. The summed E-state index contributed by atoms with van der Waals surface area (Å²) in [4.78, 5) is 14.2. The Morgan fingerprint density at radius 1 is 1.46 bits per heavy atom. The summed E-state index contributed by atoms with van der Waals surface area (Å²) in [7, 11) is 0. The summed E-state index contributed by atoms with van der Waals surface area (Å²) in [6, 6.07) is 6.27. The number of carbonyl (C=O) groups excluding carboxylic acids is 1. The van der Waals surface area contributed by atoms with E-state index in [1.807, 2.05) is 18.3 Å². The SMILES string of the molecule is CC(C)CC(=O)NCC[C@@H]1CN(Cc2ccco2)Cc2ccnn21. The number of amides is 1. The third-order valence-corrected chi connectivity index (χ3v) is 4.31. The molecule has 24 heavy (non-hydrogen) atoms. The molecule has 1 atom stereocenters. The van der Waals surface area contributed by atoms with Gasteiger partial charge in [-0.1, -0.05) is 13.8 Å². The van der Waals surface area contributed by atoms with Crippen molar-refractivity contribution in [1.29, 1.82) is 0 Å². The first kappa shape index (κ1) is 16.8. The molecule has 0 saturated carbocycles. The van der Waals surface area contributed by atoms with E-state index >= 15 is 0 Å². The van der Waals surface area contributed by atoms with Crippen LogP contribution in [0.3, 0.4) is 0 Å². The minimum atomic E-state index is 0.133. The Balaban J connectivity index is 1.56. The van der Waals surface area contributed by atoms with Crippen LogP contribution in [0.5, 0.6) is 0 Å². The molecular formula is C18H26N4O2. The number of carbonyl (C=O) groups is 1. The third-order valence-electron chi connectivity index (χ3n) is 4.31. The van der Waals surface area contributed by atoms with Crippen molar-refractivity contribution in [3.63, 3.8) is 0 Å². The molecule has 1 N–H and O–H groups in total. The second-order valence-corrected chi connectivity index (χ2v) is 6.91. The molecule has 1 amide bonds. The normalized spacial score (nSPS) is 17.9. The van der Waals surface area contributed by atoms with E-state index in [1.54, 1.807) is 6.26 Å². The molecule has 0 aromatic carbocycles. The number of rotatable bonds is 7. The topological polar surface area (TPSA) is 63.3 Å². The van der Waals surface area contributed by atoms with Crippen molar-refractivity contribution in [2.24, 2.45) is 5.92 Å². The van der Waals surface area contributed by atoms with Crippen molar-refractivity contribution in [2.75, 3.05) is 13.1 Å². The number of aromatic nitrogens is 2. The molecule has 2 aromatic rings. The lowest BCUT2D eigenvalue weighted by atomic mass is 10.1. The van der Waals surface area contributed by atoms with Gasteiger partial charge in [-0.2, -0.15) is 5.10 Å². The fourth-order valence-electron chi connectivity index (χ4n) is 3.24. The highest BCUT2D eigenvalue weighted by Crippen LogP contribution is 2.24. The summed E-state index contributed by atoms with van der Waals surface area (Å²) in [6.45, 7) is 7.39. The molecule has 0 radical (unpaired) electrons. The standard InChI is InChI=1S/C18H26N4O2/c1-14(2)10-18(23)19-7-5-15-11-21(13-17-4-3-9-24-17)12-16-6-8-20-22(15)16/h3-4,6,8-9,14-15H,5,7,10-13H2,1-2H3,(H,19,23)/t15-/m1/s1. The Kier molecular flexibility index (Phi) is 5.35. The number of hydrogen-bond donors (Lipinski definition) is 1. The van der Waals surface area contributed by atoms with E-state index in [9.17, 15) is 4.79 Å². The average Bonchev–Trinajstić information content (AvgIpc) is 3.17. The zero-order valence-electron chi connectivity index (χ0n) is 14.4. The van der Waals surface area contributed by atoms with Gasteiger partial charge in [0.1, 0.15) is 5.76 Å². The van der Waals surface area contributed by atoms with Gasteiger partial charge in [-0.15, -0.1) is 0 Å². The highest BCUT2D eigenvalue weighted by Gasteiger charge is 2.25. The van der Waals surface area contributed by atoms with Crippen LogP contribution >= 0.6 is 0 Å². The van der Waals surface area contributed by atoms with Gasteiger partial charge in [-0.05, 0) is 30.5 Å². The maximum absolute atomic E-state index is 11.8.